The van der Waals surface area contributed by atoms with Crippen molar-refractivity contribution in [2.75, 3.05) is 0 Å². The number of benzene rings is 3. The Morgan fingerprint density at radius 3 is 2.50 bits per heavy atom. The van der Waals surface area contributed by atoms with Crippen molar-refractivity contribution in [1.29, 1.82) is 0 Å². The molecular formula is C22H19FN4O. The molecule has 0 aliphatic carbocycles. The summed E-state index contributed by atoms with van der Waals surface area (Å²) in [5, 5.41) is 9.49. The van der Waals surface area contributed by atoms with Gasteiger partial charge in [0.15, 0.2) is 0 Å². The predicted octanol–water partition coefficient (Wildman–Crippen LogP) is 4.36. The Balaban J connectivity index is 1.54. The number of rotatable bonds is 4. The summed E-state index contributed by atoms with van der Waals surface area (Å²) in [6, 6.07) is 19.9. The number of aryl methyl sites for hydroxylation is 1. The van der Waals surface area contributed by atoms with Crippen molar-refractivity contribution in [2.45, 2.75) is 19.9 Å². The average Bonchev–Trinajstić information content (AvgIpc) is 3.10. The summed E-state index contributed by atoms with van der Waals surface area (Å²) in [6.07, 6.45) is 0. The van der Waals surface area contributed by atoms with E-state index in [1.165, 1.54) is 16.8 Å². The summed E-state index contributed by atoms with van der Waals surface area (Å²) in [5.74, 6) is -0.0575. The number of amides is 1. The molecule has 0 bridgehead atoms. The Morgan fingerprint density at radius 1 is 1.04 bits per heavy atom. The van der Waals surface area contributed by atoms with Crippen molar-refractivity contribution in [3.63, 3.8) is 0 Å². The van der Waals surface area contributed by atoms with Crippen LogP contribution in [0.25, 0.3) is 16.5 Å². The molecular weight excluding hydrogens is 355 g/mol. The molecule has 4 aromatic rings. The second-order valence-electron chi connectivity index (χ2n) is 6.67. The smallest absolute Gasteiger partial charge is 0.291 e. The lowest BCUT2D eigenvalue weighted by molar-refractivity contribution is 0.0929. The lowest BCUT2D eigenvalue weighted by Gasteiger charge is -2.14. The van der Waals surface area contributed by atoms with Crippen molar-refractivity contribution in [3.05, 3.63) is 89.8 Å². The molecule has 1 atom stereocenters. The molecule has 0 saturated carbocycles. The summed E-state index contributed by atoms with van der Waals surface area (Å²) in [6.45, 7) is 3.67. The minimum absolute atomic E-state index is 0.0782. The third-order valence-corrected chi connectivity index (χ3v) is 4.66. The van der Waals surface area contributed by atoms with Crippen LogP contribution < -0.4 is 5.32 Å². The van der Waals surface area contributed by atoms with E-state index in [1.54, 1.807) is 19.1 Å². The van der Waals surface area contributed by atoms with Crippen LogP contribution in [0, 0.1) is 12.7 Å². The highest BCUT2D eigenvalue weighted by molar-refractivity contribution is 5.91. The monoisotopic (exact) mass is 374 g/mol. The molecule has 1 N–H and O–H groups in total. The topological polar surface area (TPSA) is 59.8 Å². The first-order valence-corrected chi connectivity index (χ1v) is 9.00. The highest BCUT2D eigenvalue weighted by atomic mass is 19.1. The summed E-state index contributed by atoms with van der Waals surface area (Å²) in [7, 11) is 0. The third-order valence-electron chi connectivity index (χ3n) is 4.66. The fourth-order valence-electron chi connectivity index (χ4n) is 3.13. The maximum Gasteiger partial charge on any atom is 0.291 e. The minimum atomic E-state index is -0.357. The van der Waals surface area contributed by atoms with Crippen LogP contribution in [-0.2, 0) is 0 Å². The molecule has 3 aromatic carbocycles. The van der Waals surface area contributed by atoms with Crippen molar-refractivity contribution in [3.8, 4) is 5.69 Å². The summed E-state index contributed by atoms with van der Waals surface area (Å²) < 4.78 is 14.7. The normalized spacial score (nSPS) is 12.1. The number of nitrogens with zero attached hydrogens (tertiary/aromatic N) is 3. The van der Waals surface area contributed by atoms with Crippen LogP contribution in [0.15, 0.2) is 66.7 Å². The Bertz CT molecular complexity index is 1150. The molecule has 1 heterocycles. The number of hydrogen-bond acceptors (Lipinski definition) is 3. The molecule has 1 amide bonds. The lowest BCUT2D eigenvalue weighted by Crippen LogP contribution is -2.27. The molecule has 0 aliphatic rings. The van der Waals surface area contributed by atoms with E-state index in [1.807, 2.05) is 37.3 Å². The van der Waals surface area contributed by atoms with E-state index in [2.05, 4.69) is 27.5 Å². The number of fused-ring (bicyclic) bond motifs is 1. The quantitative estimate of drug-likeness (QED) is 0.577. The fraction of sp³-hybridized carbons (Fsp3) is 0.136. The first-order chi connectivity index (χ1) is 13.5. The molecule has 1 aromatic heterocycles. The van der Waals surface area contributed by atoms with Crippen LogP contribution in [0.2, 0.25) is 0 Å². The average molecular weight is 374 g/mol. The van der Waals surface area contributed by atoms with Crippen molar-refractivity contribution in [2.24, 2.45) is 0 Å². The van der Waals surface area contributed by atoms with Gasteiger partial charge in [-0.15, -0.1) is 5.10 Å². The van der Waals surface area contributed by atoms with E-state index >= 15 is 0 Å². The third kappa shape index (κ3) is 3.49. The molecule has 5 nitrogen and oxygen atoms in total. The number of nitrogens with one attached hydrogen (secondary N) is 1. The minimum Gasteiger partial charge on any atom is -0.343 e. The Hall–Kier alpha value is -3.54. The number of aromatic nitrogens is 3. The number of carbonyl (C=O) groups excluding carboxylic acids is 1. The van der Waals surface area contributed by atoms with Crippen LogP contribution in [0.4, 0.5) is 4.39 Å². The van der Waals surface area contributed by atoms with Crippen molar-refractivity contribution >= 4 is 16.7 Å². The van der Waals surface area contributed by atoms with Gasteiger partial charge in [-0.3, -0.25) is 4.79 Å². The number of carbonyl (C=O) groups is 1. The Labute approximate surface area is 161 Å². The molecule has 0 aliphatic heterocycles. The van der Waals surface area contributed by atoms with Gasteiger partial charge in [0.05, 0.1) is 11.7 Å². The first-order valence-electron chi connectivity index (χ1n) is 9.00. The summed E-state index contributed by atoms with van der Waals surface area (Å²) in [4.78, 5) is 16.9. The van der Waals surface area contributed by atoms with Gasteiger partial charge < -0.3 is 5.32 Å². The SMILES string of the molecule is Cc1nc(C(=O)N[C@@H](C)c2ccc3ccccc3c2)nn1-c1ccc(F)cc1. The summed E-state index contributed by atoms with van der Waals surface area (Å²) >= 11 is 0. The second kappa shape index (κ2) is 7.23. The largest absolute Gasteiger partial charge is 0.343 e. The van der Waals surface area contributed by atoms with Crippen LogP contribution in [0.1, 0.15) is 35.0 Å². The van der Waals surface area contributed by atoms with Crippen LogP contribution >= 0.6 is 0 Å². The molecule has 4 rings (SSSR count). The van der Waals surface area contributed by atoms with E-state index < -0.39 is 0 Å². The maximum atomic E-state index is 13.1. The van der Waals surface area contributed by atoms with Gasteiger partial charge in [0.25, 0.3) is 5.91 Å². The molecule has 6 heteroatoms. The highest BCUT2D eigenvalue weighted by Gasteiger charge is 2.18. The molecule has 0 spiro atoms. The second-order valence-corrected chi connectivity index (χ2v) is 6.67. The van der Waals surface area contributed by atoms with Gasteiger partial charge in [0.2, 0.25) is 5.82 Å². The zero-order chi connectivity index (χ0) is 19.7. The number of halogens is 1. The van der Waals surface area contributed by atoms with E-state index in [4.69, 9.17) is 0 Å². The first kappa shape index (κ1) is 17.9. The summed E-state index contributed by atoms with van der Waals surface area (Å²) in [5.41, 5.74) is 1.65. The van der Waals surface area contributed by atoms with Crippen molar-refractivity contribution < 1.29 is 9.18 Å². The fourth-order valence-corrected chi connectivity index (χ4v) is 3.13. The molecule has 0 saturated heterocycles. The Morgan fingerprint density at radius 2 is 1.75 bits per heavy atom. The zero-order valence-corrected chi connectivity index (χ0v) is 15.6. The van der Waals surface area contributed by atoms with E-state index in [0.29, 0.717) is 11.5 Å². The van der Waals surface area contributed by atoms with Crippen LogP contribution in [0.3, 0.4) is 0 Å². The van der Waals surface area contributed by atoms with Gasteiger partial charge in [-0.1, -0.05) is 36.4 Å². The van der Waals surface area contributed by atoms with Crippen molar-refractivity contribution in [1.82, 2.24) is 20.1 Å². The van der Waals surface area contributed by atoms with Gasteiger partial charge >= 0.3 is 0 Å². The number of hydrogen-bond donors (Lipinski definition) is 1. The maximum absolute atomic E-state index is 13.1. The molecule has 140 valence electrons. The van der Waals surface area contributed by atoms with E-state index in [0.717, 1.165) is 16.3 Å². The van der Waals surface area contributed by atoms with Gasteiger partial charge in [-0.05, 0) is 60.5 Å². The van der Waals surface area contributed by atoms with Crippen LogP contribution in [0.5, 0.6) is 0 Å². The molecule has 0 radical (unpaired) electrons. The van der Waals surface area contributed by atoms with Crippen LogP contribution in [-0.4, -0.2) is 20.7 Å². The lowest BCUT2D eigenvalue weighted by atomic mass is 10.0. The standard InChI is InChI=1S/C22H19FN4O/c1-14(17-8-7-16-5-3-4-6-18(16)13-17)24-22(28)21-25-15(2)27(26-21)20-11-9-19(23)10-12-20/h3-14H,1-2H3,(H,24,28)/t14-/m0/s1. The molecule has 0 fully saturated rings. The van der Waals surface area contributed by atoms with Gasteiger partial charge in [0.1, 0.15) is 11.6 Å². The van der Waals surface area contributed by atoms with Gasteiger partial charge in [-0.25, -0.2) is 14.1 Å². The van der Waals surface area contributed by atoms with Gasteiger partial charge in [0, 0.05) is 0 Å². The molecule has 0 unspecified atom stereocenters. The highest BCUT2D eigenvalue weighted by Crippen LogP contribution is 2.20. The zero-order valence-electron chi connectivity index (χ0n) is 15.6. The van der Waals surface area contributed by atoms with E-state index in [-0.39, 0.29) is 23.6 Å². The molecule has 28 heavy (non-hydrogen) atoms. The van der Waals surface area contributed by atoms with E-state index in [9.17, 15) is 9.18 Å². The Kier molecular flexibility index (Phi) is 4.61. The van der Waals surface area contributed by atoms with Gasteiger partial charge in [-0.2, -0.15) is 0 Å². The predicted molar refractivity (Wildman–Crippen MR) is 106 cm³/mol.